The minimum absolute atomic E-state index is 0.557. The molecule has 6 nitrogen and oxygen atoms in total. The Morgan fingerprint density at radius 2 is 0.840 bits per heavy atom. The molecule has 348 valence electrons. The number of hydrogen-bond acceptors (Lipinski definition) is 4. The van der Waals surface area contributed by atoms with Crippen molar-refractivity contribution in [3.05, 3.63) is 249 Å². The number of furan rings is 1. The van der Waals surface area contributed by atoms with Crippen molar-refractivity contribution in [3.8, 4) is 56.7 Å². The maximum Gasteiger partial charge on any atom is 0.164 e. The van der Waals surface area contributed by atoms with Crippen LogP contribution in [-0.2, 0) is 0 Å². The monoisotopic (exact) mass is 955 g/mol. The predicted octanol–water partition coefficient (Wildman–Crippen LogP) is 18.1. The first-order chi connectivity index (χ1) is 37.1. The Morgan fingerprint density at radius 1 is 0.280 bits per heavy atom. The van der Waals surface area contributed by atoms with Gasteiger partial charge in [0.05, 0.1) is 27.8 Å². The molecular weight excluding hydrogens is 915 g/mol. The Morgan fingerprint density at radius 3 is 1.61 bits per heavy atom. The van der Waals surface area contributed by atoms with Crippen LogP contribution in [0.25, 0.3) is 155 Å². The first kappa shape index (κ1) is 41.4. The average Bonchev–Trinajstić information content (AvgIpc) is 4.15. The molecule has 0 atom stereocenters. The van der Waals surface area contributed by atoms with Crippen LogP contribution in [0.3, 0.4) is 0 Å². The Labute approximate surface area is 429 Å². The molecule has 0 spiro atoms. The van der Waals surface area contributed by atoms with Crippen LogP contribution in [0.4, 0.5) is 0 Å². The van der Waals surface area contributed by atoms with Crippen LogP contribution in [0.5, 0.6) is 0 Å². The number of para-hydroxylation sites is 2. The summed E-state index contributed by atoms with van der Waals surface area (Å²) in [6.07, 6.45) is 0. The molecule has 0 aliphatic heterocycles. The van der Waals surface area contributed by atoms with E-state index in [-0.39, 0.29) is 0 Å². The van der Waals surface area contributed by atoms with Gasteiger partial charge in [0, 0.05) is 54.7 Å². The molecule has 0 amide bonds. The number of rotatable bonds is 6. The first-order valence-corrected chi connectivity index (χ1v) is 25.4. The molecule has 0 aliphatic rings. The normalized spacial score (nSPS) is 12.0. The fourth-order valence-corrected chi connectivity index (χ4v) is 11.8. The predicted molar refractivity (Wildman–Crippen MR) is 310 cm³/mol. The van der Waals surface area contributed by atoms with Gasteiger partial charge in [-0.15, -0.1) is 0 Å². The highest BCUT2D eigenvalue weighted by Crippen LogP contribution is 2.44. The number of aromatic nitrogens is 5. The lowest BCUT2D eigenvalue weighted by atomic mass is 10.0. The third-order valence-electron chi connectivity index (χ3n) is 15.2. The van der Waals surface area contributed by atoms with Gasteiger partial charge in [0.15, 0.2) is 23.1 Å². The highest BCUT2D eigenvalue weighted by molar-refractivity contribution is 6.24. The fourth-order valence-electron chi connectivity index (χ4n) is 11.8. The summed E-state index contributed by atoms with van der Waals surface area (Å²) in [7, 11) is 0. The van der Waals surface area contributed by atoms with E-state index < -0.39 is 0 Å². The second-order valence-corrected chi connectivity index (χ2v) is 19.6. The molecule has 12 aromatic carbocycles. The van der Waals surface area contributed by atoms with E-state index in [9.17, 15) is 0 Å². The highest BCUT2D eigenvalue weighted by atomic mass is 16.3. The van der Waals surface area contributed by atoms with Crippen molar-refractivity contribution in [2.45, 2.75) is 0 Å². The molecule has 0 unspecified atom stereocenters. The van der Waals surface area contributed by atoms with E-state index in [1.54, 1.807) is 0 Å². The van der Waals surface area contributed by atoms with E-state index in [0.717, 1.165) is 110 Å². The van der Waals surface area contributed by atoms with Crippen molar-refractivity contribution in [2.24, 2.45) is 0 Å². The van der Waals surface area contributed by atoms with E-state index in [4.69, 9.17) is 19.4 Å². The molecule has 0 aliphatic carbocycles. The number of nitrogens with zero attached hydrogens (tertiary/aromatic N) is 5. The van der Waals surface area contributed by atoms with Crippen LogP contribution in [0.2, 0.25) is 0 Å². The quantitative estimate of drug-likeness (QED) is 0.167. The lowest BCUT2D eigenvalue weighted by molar-refractivity contribution is 0.667. The van der Waals surface area contributed by atoms with Crippen LogP contribution >= 0.6 is 0 Å². The van der Waals surface area contributed by atoms with Gasteiger partial charge < -0.3 is 13.6 Å². The van der Waals surface area contributed by atoms with E-state index in [1.807, 2.05) is 6.07 Å². The van der Waals surface area contributed by atoms with Gasteiger partial charge in [-0.1, -0.05) is 164 Å². The average molecular weight is 956 g/mol. The third kappa shape index (κ3) is 6.50. The van der Waals surface area contributed by atoms with Crippen molar-refractivity contribution < 1.29 is 4.42 Å². The van der Waals surface area contributed by atoms with E-state index in [0.29, 0.717) is 17.5 Å². The molecular formula is C69H41N5O. The molecule has 4 aromatic heterocycles. The molecule has 0 saturated carbocycles. The minimum Gasteiger partial charge on any atom is -0.454 e. The largest absolute Gasteiger partial charge is 0.454 e. The summed E-state index contributed by atoms with van der Waals surface area (Å²) >= 11 is 0. The number of fused-ring (bicyclic) bond motifs is 13. The van der Waals surface area contributed by atoms with Crippen molar-refractivity contribution >= 4 is 97.9 Å². The molecule has 0 saturated heterocycles. The summed E-state index contributed by atoms with van der Waals surface area (Å²) < 4.78 is 11.9. The molecule has 16 rings (SSSR count). The SMILES string of the molecule is c1ccc(-c2cccc(-c3nc(-c4cc(-n5c6cc7ccccc7cc6c6c7ccccc7ccc65)c5oc6cc7ccccc7cc6c5c4)nc(-c4ccc5c(c4)c4ccccc4n5-c4ccccc4)n3)c2)cc1. The van der Waals surface area contributed by atoms with Crippen molar-refractivity contribution in [1.29, 1.82) is 0 Å². The third-order valence-corrected chi connectivity index (χ3v) is 15.2. The van der Waals surface area contributed by atoms with Crippen molar-refractivity contribution in [1.82, 2.24) is 24.1 Å². The Balaban J connectivity index is 0.998. The zero-order chi connectivity index (χ0) is 49.1. The van der Waals surface area contributed by atoms with E-state index in [1.165, 1.54) is 26.9 Å². The number of benzene rings is 12. The topological polar surface area (TPSA) is 61.7 Å². The van der Waals surface area contributed by atoms with Crippen molar-refractivity contribution in [2.75, 3.05) is 0 Å². The highest BCUT2D eigenvalue weighted by Gasteiger charge is 2.24. The van der Waals surface area contributed by atoms with Gasteiger partial charge >= 0.3 is 0 Å². The van der Waals surface area contributed by atoms with Crippen LogP contribution in [0.1, 0.15) is 0 Å². The minimum atomic E-state index is 0.557. The van der Waals surface area contributed by atoms with Gasteiger partial charge in [-0.05, 0) is 128 Å². The zero-order valence-electron chi connectivity index (χ0n) is 40.3. The van der Waals surface area contributed by atoms with Crippen molar-refractivity contribution in [3.63, 3.8) is 0 Å². The summed E-state index contributed by atoms with van der Waals surface area (Å²) in [6.45, 7) is 0. The van der Waals surface area contributed by atoms with E-state index >= 15 is 0 Å². The molecule has 75 heavy (non-hydrogen) atoms. The van der Waals surface area contributed by atoms with Gasteiger partial charge in [-0.2, -0.15) is 0 Å². The smallest absolute Gasteiger partial charge is 0.164 e. The lowest BCUT2D eigenvalue weighted by Crippen LogP contribution is -2.02. The summed E-state index contributed by atoms with van der Waals surface area (Å²) in [5.74, 6) is 1.72. The molecule has 0 N–H and O–H groups in total. The molecule has 16 aromatic rings. The van der Waals surface area contributed by atoms with Crippen LogP contribution < -0.4 is 0 Å². The Hall–Kier alpha value is -10.2. The molecule has 6 heteroatoms. The lowest BCUT2D eigenvalue weighted by Gasteiger charge is -2.13. The molecule has 0 bridgehead atoms. The Bertz CT molecular complexity index is 5010. The fraction of sp³-hybridized carbons (Fsp3) is 0. The summed E-state index contributed by atoms with van der Waals surface area (Å²) in [6, 6.07) is 88.7. The number of hydrogen-bond donors (Lipinski definition) is 0. The van der Waals surface area contributed by atoms with Gasteiger partial charge in [0.2, 0.25) is 0 Å². The van der Waals surface area contributed by atoms with Gasteiger partial charge in [0.1, 0.15) is 5.58 Å². The molecule has 4 heterocycles. The van der Waals surface area contributed by atoms with Crippen LogP contribution in [0.15, 0.2) is 253 Å². The van der Waals surface area contributed by atoms with Crippen LogP contribution in [-0.4, -0.2) is 24.1 Å². The van der Waals surface area contributed by atoms with Gasteiger partial charge in [0.25, 0.3) is 0 Å². The zero-order valence-corrected chi connectivity index (χ0v) is 40.3. The van der Waals surface area contributed by atoms with E-state index in [2.05, 4.69) is 252 Å². The molecule has 0 radical (unpaired) electrons. The second kappa shape index (κ2) is 16.2. The van der Waals surface area contributed by atoms with Crippen LogP contribution in [0, 0.1) is 0 Å². The van der Waals surface area contributed by atoms with Gasteiger partial charge in [-0.25, -0.2) is 15.0 Å². The first-order valence-electron chi connectivity index (χ1n) is 25.4. The standard InChI is InChI=1S/C69H41N5O/c1-3-16-42(17-4-1)44-23-15-24-49(34-44)67-70-68(50-31-32-60-55(37-50)54-28-13-14-29-59(54)73(60)52-25-5-2-6-26-52)72-69(71-67)51-38-57-56-35-45-19-8-10-22-48(45)41-64(56)75-66(57)63(40-51)74-61-33-30-43-18-11-12-27-53(43)65(61)58-36-46-20-7-9-21-47(46)39-62(58)74/h1-41H. The maximum absolute atomic E-state index is 7.15. The molecule has 0 fully saturated rings. The second-order valence-electron chi connectivity index (χ2n) is 19.6. The van der Waals surface area contributed by atoms with Gasteiger partial charge in [-0.3, -0.25) is 0 Å². The Kier molecular flexibility index (Phi) is 8.94. The summed E-state index contributed by atoms with van der Waals surface area (Å²) in [5.41, 5.74) is 12.9. The maximum atomic E-state index is 7.15. The summed E-state index contributed by atoms with van der Waals surface area (Å²) in [5, 5.41) is 13.6. The summed E-state index contributed by atoms with van der Waals surface area (Å²) in [4.78, 5) is 16.4.